The first kappa shape index (κ1) is 101. The molecule has 3 atom stereocenters. The quantitative estimate of drug-likeness (QED) is 0.00374. The average molecular weight is 1770 g/mol. The minimum atomic E-state index is -1.61. The van der Waals surface area contributed by atoms with E-state index in [9.17, 15) is 57.8 Å². The normalized spacial score (nSPS) is 14.4. The third kappa shape index (κ3) is 37.4. The number of aliphatic hydroxyl groups excluding tert-OH is 7. The van der Waals surface area contributed by atoms with Crippen LogP contribution in [0.15, 0.2) is 132 Å². The maximum absolute atomic E-state index is 14.0. The summed E-state index contributed by atoms with van der Waals surface area (Å²) in [6.45, 7) is 6.67. The van der Waals surface area contributed by atoms with E-state index < -0.39 is 106 Å². The van der Waals surface area contributed by atoms with Crippen LogP contribution in [0.2, 0.25) is 0 Å². The number of nitrogens with two attached hydrogens (primary N) is 2. The number of likely N-dealkylation sites (N-methyl/N-ethyl adjacent to an activating group) is 1. The van der Waals surface area contributed by atoms with Gasteiger partial charge in [0, 0.05) is 100 Å². The van der Waals surface area contributed by atoms with Crippen LogP contribution in [0.5, 0.6) is 0 Å². The number of nitrogens with zero attached hydrogens (tertiary/aromatic N) is 6. The molecule has 21 N–H and O–H groups in total. The number of amides is 10. The molecule has 5 aromatic rings. The van der Waals surface area contributed by atoms with Crippen molar-refractivity contribution in [2.24, 2.45) is 27.5 Å². The summed E-state index contributed by atoms with van der Waals surface area (Å²) in [4.78, 5) is 150. The van der Waals surface area contributed by atoms with E-state index in [-0.39, 0.29) is 131 Å². The van der Waals surface area contributed by atoms with Crippen LogP contribution in [-0.4, -0.2) is 278 Å². The molecule has 0 unspecified atom stereocenters. The Hall–Kier alpha value is -10.8. The van der Waals surface area contributed by atoms with Gasteiger partial charge in [-0.05, 0) is 122 Å². The number of rotatable bonds is 43. The second-order valence-electron chi connectivity index (χ2n) is 26.8. The van der Waals surface area contributed by atoms with Crippen LogP contribution in [0, 0.1) is 5.92 Å². The third-order valence-electron chi connectivity index (χ3n) is 17.3. The van der Waals surface area contributed by atoms with Crippen molar-refractivity contribution in [1.29, 1.82) is 0 Å². The molecule has 0 fully saturated rings. The van der Waals surface area contributed by atoms with E-state index in [1.807, 2.05) is 36.4 Å². The molecule has 1 aromatic heterocycles. The number of aliphatic hydroxyl groups is 7. The molecule has 0 spiro atoms. The number of aliphatic imine (C=N–C) groups is 1. The van der Waals surface area contributed by atoms with Gasteiger partial charge in [-0.25, -0.2) is 0 Å². The Kier molecular flexibility index (Phi) is 47.1. The van der Waals surface area contributed by atoms with Crippen molar-refractivity contribution in [3.05, 3.63) is 160 Å². The first-order valence-corrected chi connectivity index (χ1v) is 40.3. The number of pyridine rings is 1. The Morgan fingerprint density at radius 2 is 1.15 bits per heavy atom. The van der Waals surface area contributed by atoms with Crippen molar-refractivity contribution in [2.75, 3.05) is 137 Å². The maximum atomic E-state index is 14.0. The number of aromatic nitrogens is 1. The van der Waals surface area contributed by atoms with Crippen LogP contribution >= 0.6 is 7.92 Å². The number of fused-ring (bicyclic) bond motifs is 2. The number of ether oxygens (including phenoxy) is 3. The molecule has 39 nitrogen and oxygen atoms in total. The van der Waals surface area contributed by atoms with E-state index in [0.29, 0.717) is 98.9 Å². The number of anilines is 1. The molecule has 6 rings (SSSR count). The molecule has 2 heterocycles. The van der Waals surface area contributed by atoms with Crippen LogP contribution in [0.1, 0.15) is 116 Å². The molecule has 0 saturated heterocycles. The minimum Gasteiger partial charge on any atom is -0.642 e. The van der Waals surface area contributed by atoms with E-state index in [1.54, 1.807) is 87.2 Å². The van der Waals surface area contributed by atoms with Gasteiger partial charge in [-0.1, -0.05) is 26.0 Å². The Morgan fingerprint density at radius 3 is 1.61 bits per heavy atom. The summed E-state index contributed by atoms with van der Waals surface area (Å²) in [5.74, 6) is -6.53. The molecule has 649 valence electrons. The molecule has 0 aliphatic carbocycles. The van der Waals surface area contributed by atoms with Gasteiger partial charge >= 0.3 is 104 Å². The van der Waals surface area contributed by atoms with Crippen LogP contribution < -0.4 is 78.6 Å². The maximum Gasteiger partial charge on any atom is 0.282 e. The van der Waals surface area contributed by atoms with Crippen molar-refractivity contribution < 1.29 is 127 Å². The third-order valence-corrected chi connectivity index (χ3v) is 20.3. The summed E-state index contributed by atoms with van der Waals surface area (Å²) in [6.07, 6.45) is 3.26. The van der Waals surface area contributed by atoms with Crippen molar-refractivity contribution in [2.45, 2.75) is 89.0 Å². The molecule has 10 amide bonds. The summed E-state index contributed by atoms with van der Waals surface area (Å²) in [5.41, 5.74) is 12.0. The number of hydrogen-bond acceptors (Lipinski definition) is 24. The standard InChI is InChI=1S/C39H54N13O8.C33H42N3O9P.C6H12NO5.Tc/c1-22(2)33-38(60)52(4)29(9-8-14-44-39(40)41)37(59)47-21-32(55)49-28(15-23(3)53)36(58)46-19-24-16-26(35(57)50-33)18-27(17-24)48-31(54)10-6-5-7-13-43-34(56)25-11-12-30(51-42)45-20-25;37-16-22-43-19-13-34-31(40)25-1-7-28(8-2-25)46(29-9-3-26(4-10-29)32(41)35-14-20-44-23-17-38)30-11-5-27(6-12-30)33(42)36-15-21-45-24-18-39;8-2-6(3-9,4-10)7-1-5(11)12;/h11-12,16-18,20,22,28-29,33,53H,3,5-10,13-15,19,21H2,1-2,4H3,(H,43,56)(H,46,58)(H,47,59)(H,48,54)(H,49,55)(H,50,57)(H4,40,41,44);1-12,37-39H,13-24H2,(H,34,40)(H,35,41)(H,36,42);8-10H,1-4H2,(H,11,12);/q-1;;-1;+2/p+1/t28-,29-,33+;;;/m0.../s1. The van der Waals surface area contributed by atoms with E-state index in [4.69, 9.17) is 61.4 Å². The van der Waals surface area contributed by atoms with Gasteiger partial charge in [-0.3, -0.25) is 52.9 Å². The van der Waals surface area contributed by atoms with Crippen molar-refractivity contribution >= 4 is 106 Å². The molecule has 0 radical (unpaired) electrons. The number of guanidine groups is 1. The van der Waals surface area contributed by atoms with Gasteiger partial charge in [0.25, 0.3) is 29.6 Å². The van der Waals surface area contributed by atoms with Gasteiger partial charge in [0.15, 0.2) is 5.96 Å². The molecule has 0 saturated carbocycles. The second-order valence-corrected chi connectivity index (χ2v) is 29.7. The number of aliphatic carboxylic acids is 1. The molecule has 119 heavy (non-hydrogen) atoms. The first-order valence-electron chi connectivity index (χ1n) is 37.9. The fourth-order valence-electron chi connectivity index (χ4n) is 11.0. The van der Waals surface area contributed by atoms with Crippen LogP contribution in [-0.2, 0) is 68.2 Å². The van der Waals surface area contributed by atoms with Gasteiger partial charge in [0.2, 0.25) is 29.5 Å². The zero-order valence-corrected chi connectivity index (χ0v) is 69.4. The monoisotopic (exact) mass is 1760 g/mol. The second kappa shape index (κ2) is 55.8. The number of carboxylic acids is 1. The fraction of sp³-hybridized carbons (Fsp3) is 0.449. The Balaban J connectivity index is 0.000000451. The van der Waals surface area contributed by atoms with Crippen molar-refractivity contribution in [3.63, 3.8) is 0 Å². The Bertz CT molecular complexity index is 4000. The molecular weight excluding hydrogens is 1660 g/mol. The number of hydrogen-bond donors (Lipinski definition) is 19. The Morgan fingerprint density at radius 1 is 0.655 bits per heavy atom. The zero-order chi connectivity index (χ0) is 87.7. The summed E-state index contributed by atoms with van der Waals surface area (Å²) >= 11 is 1.73. The van der Waals surface area contributed by atoms with Crippen LogP contribution in [0.3, 0.4) is 0 Å². The van der Waals surface area contributed by atoms with Gasteiger partial charge in [-0.2, -0.15) is 0 Å². The predicted molar refractivity (Wildman–Crippen MR) is 437 cm³/mol. The number of carboxylic acid groups (broad SMARTS) is 1. The summed E-state index contributed by atoms with van der Waals surface area (Å²) < 4.78 is 19.2. The summed E-state index contributed by atoms with van der Waals surface area (Å²) in [7, 11) is -0.202. The van der Waals surface area contributed by atoms with Gasteiger partial charge in [0.05, 0.1) is 79.7 Å². The zero-order valence-electron chi connectivity index (χ0n) is 66.5. The first-order chi connectivity index (χ1) is 57.1. The van der Waals surface area contributed by atoms with Crippen LogP contribution in [0.25, 0.3) is 5.32 Å². The van der Waals surface area contributed by atoms with E-state index in [0.717, 1.165) is 15.9 Å². The molecule has 1 aliphatic heterocycles. The number of carbonyl (C=O) groups excluding carboxylic acids is 10. The van der Waals surface area contributed by atoms with Gasteiger partial charge in [0.1, 0.15) is 34.0 Å². The molecule has 2 bridgehead atoms. The smallest absolute Gasteiger partial charge is 0.282 e. The van der Waals surface area contributed by atoms with E-state index in [2.05, 4.69) is 78.2 Å². The van der Waals surface area contributed by atoms with Crippen molar-refractivity contribution in [1.82, 2.24) is 55.8 Å². The number of benzene rings is 4. The van der Waals surface area contributed by atoms with E-state index >= 15 is 0 Å². The molecule has 1 aliphatic rings. The SMILES string of the molecule is C=C(O)C[C@@H]1NC(=O)CNC(=O)[C@H](CCCN=C(N)N)N(C)C(=O)[C@@H](C(C)C)NC(=O)c2cc(cc(NC(=O)CCCCCNC(=O)c3ccc(N=[N+]=[Tc])nc3)c2)CNC1=O.O=C(NCCOCCO)c1ccc([PH+](c2ccc(C(=O)NCCOCCO)cc2)c2ccc(C(=O)NCCOCCO)cc2)cc1.O=C(O)C[N-]C(CO)(CO)CO. The summed E-state index contributed by atoms with van der Waals surface area (Å²) in [6, 6.07) is 26.3. The largest absolute Gasteiger partial charge is 0.642 e. The Labute approximate surface area is 699 Å². The molecule has 41 heteroatoms. The predicted octanol–water partition coefficient (Wildman–Crippen LogP) is -2.23. The van der Waals surface area contributed by atoms with Crippen LogP contribution in [0.4, 0.5) is 11.5 Å². The van der Waals surface area contributed by atoms with Gasteiger partial charge in [-0.15, -0.1) is 0 Å². The fourth-order valence-corrected chi connectivity index (χ4v) is 13.7. The van der Waals surface area contributed by atoms with Crippen molar-refractivity contribution in [3.8, 4) is 0 Å². The van der Waals surface area contributed by atoms with Gasteiger partial charge < -0.3 is 119 Å². The molecular formula is C78H109N17O22PTc+. The average Bonchev–Trinajstić information content (AvgIpc) is 0.792. The number of nitrogens with one attached hydrogen (secondary N) is 9. The molecule has 4 aromatic carbocycles. The van der Waals surface area contributed by atoms with E-state index in [1.165, 1.54) is 30.3 Å². The number of carbonyl (C=O) groups is 11. The number of unbranched alkanes of at least 4 members (excludes halogenated alkanes) is 2. The summed E-state index contributed by atoms with van der Waals surface area (Å²) in [5, 5.41) is 105. The minimum absolute atomic E-state index is 0.0550. The topological polar surface area (TPSA) is 607 Å².